The van der Waals surface area contributed by atoms with Gasteiger partial charge in [-0.05, 0) is 49.1 Å². The Morgan fingerprint density at radius 2 is 2.30 bits per heavy atom. The average Bonchev–Trinajstić information content (AvgIpc) is 2.53. The van der Waals surface area contributed by atoms with Gasteiger partial charge in [0, 0.05) is 25.3 Å². The van der Waals surface area contributed by atoms with Gasteiger partial charge in [0.05, 0.1) is 13.0 Å². The van der Waals surface area contributed by atoms with Gasteiger partial charge in [-0.25, -0.2) is 0 Å². The summed E-state index contributed by atoms with van der Waals surface area (Å²) < 4.78 is 4.89. The van der Waals surface area contributed by atoms with Crippen LogP contribution in [0.25, 0.3) is 0 Å². The van der Waals surface area contributed by atoms with Gasteiger partial charge in [-0.3, -0.25) is 4.79 Å². The van der Waals surface area contributed by atoms with Gasteiger partial charge in [-0.15, -0.1) is 0 Å². The topological polar surface area (TPSA) is 41.6 Å². The fourth-order valence-electron chi connectivity index (χ4n) is 3.23. The molecule has 0 aromatic heterocycles. The first-order valence-electron chi connectivity index (χ1n) is 7.43. The summed E-state index contributed by atoms with van der Waals surface area (Å²) in [5, 5.41) is 3.41. The number of piperidine rings is 1. The predicted octanol–water partition coefficient (Wildman–Crippen LogP) is 1.72. The van der Waals surface area contributed by atoms with E-state index in [1.807, 2.05) is 0 Å². The zero-order chi connectivity index (χ0) is 13.9. The van der Waals surface area contributed by atoms with Gasteiger partial charge < -0.3 is 15.0 Å². The summed E-state index contributed by atoms with van der Waals surface area (Å²) >= 11 is 0. The number of carbonyl (C=O) groups is 1. The van der Waals surface area contributed by atoms with Crippen molar-refractivity contribution in [1.82, 2.24) is 5.32 Å². The molecule has 1 aromatic rings. The van der Waals surface area contributed by atoms with Crippen LogP contribution in [0, 0.1) is 5.92 Å². The molecule has 0 spiro atoms. The van der Waals surface area contributed by atoms with E-state index in [0.29, 0.717) is 0 Å². The lowest BCUT2D eigenvalue weighted by molar-refractivity contribution is -0.145. The summed E-state index contributed by atoms with van der Waals surface area (Å²) in [6, 6.07) is 6.72. The zero-order valence-electron chi connectivity index (χ0n) is 12.0. The number of fused-ring (bicyclic) bond motifs is 1. The number of benzene rings is 1. The van der Waals surface area contributed by atoms with Crippen molar-refractivity contribution in [1.29, 1.82) is 0 Å². The van der Waals surface area contributed by atoms with E-state index in [1.54, 1.807) is 0 Å². The number of esters is 1. The second kappa shape index (κ2) is 5.83. The van der Waals surface area contributed by atoms with Crippen LogP contribution in [0.15, 0.2) is 18.2 Å². The highest BCUT2D eigenvalue weighted by molar-refractivity contribution is 5.73. The first-order valence-corrected chi connectivity index (χ1v) is 7.43. The Kier molecular flexibility index (Phi) is 3.92. The summed E-state index contributed by atoms with van der Waals surface area (Å²) in [6.45, 7) is 3.83. The Balaban J connectivity index is 1.76. The van der Waals surface area contributed by atoms with Crippen LogP contribution in [0.3, 0.4) is 0 Å². The van der Waals surface area contributed by atoms with E-state index in [-0.39, 0.29) is 11.9 Å². The maximum Gasteiger partial charge on any atom is 0.310 e. The van der Waals surface area contributed by atoms with Crippen LogP contribution >= 0.6 is 0 Å². The Morgan fingerprint density at radius 1 is 1.40 bits per heavy atom. The molecule has 0 saturated carbocycles. The van der Waals surface area contributed by atoms with E-state index in [1.165, 1.54) is 23.9 Å². The van der Waals surface area contributed by atoms with E-state index in [9.17, 15) is 4.79 Å². The highest BCUT2D eigenvalue weighted by Crippen LogP contribution is 2.27. The molecule has 1 atom stereocenters. The largest absolute Gasteiger partial charge is 0.469 e. The monoisotopic (exact) mass is 274 g/mol. The van der Waals surface area contributed by atoms with Crippen molar-refractivity contribution in [2.75, 3.05) is 31.6 Å². The van der Waals surface area contributed by atoms with Crippen molar-refractivity contribution < 1.29 is 9.53 Å². The van der Waals surface area contributed by atoms with Gasteiger partial charge in [-0.1, -0.05) is 6.07 Å². The van der Waals surface area contributed by atoms with E-state index >= 15 is 0 Å². The van der Waals surface area contributed by atoms with Crippen molar-refractivity contribution in [3.63, 3.8) is 0 Å². The van der Waals surface area contributed by atoms with Crippen LogP contribution < -0.4 is 10.2 Å². The molecular weight excluding hydrogens is 252 g/mol. The minimum Gasteiger partial charge on any atom is -0.469 e. The molecule has 0 amide bonds. The molecule has 1 N–H and O–H groups in total. The highest BCUT2D eigenvalue weighted by atomic mass is 16.5. The fraction of sp³-hybridized carbons (Fsp3) is 0.562. The Hall–Kier alpha value is -1.55. The van der Waals surface area contributed by atoms with Crippen LogP contribution in [-0.2, 0) is 22.5 Å². The molecule has 1 aromatic carbocycles. The molecule has 2 heterocycles. The van der Waals surface area contributed by atoms with Gasteiger partial charge in [0.15, 0.2) is 0 Å². The second-order valence-corrected chi connectivity index (χ2v) is 5.69. The van der Waals surface area contributed by atoms with Gasteiger partial charge in [0.1, 0.15) is 0 Å². The molecule has 4 nitrogen and oxygen atoms in total. The second-order valence-electron chi connectivity index (χ2n) is 5.69. The molecule has 2 aliphatic heterocycles. The summed E-state index contributed by atoms with van der Waals surface area (Å²) in [5.74, 6) is -0.0581. The molecule has 1 saturated heterocycles. The lowest BCUT2D eigenvalue weighted by atomic mass is 9.96. The van der Waals surface area contributed by atoms with Gasteiger partial charge in [0.2, 0.25) is 0 Å². The molecule has 20 heavy (non-hydrogen) atoms. The number of hydrogen-bond donors (Lipinski definition) is 1. The van der Waals surface area contributed by atoms with Gasteiger partial charge >= 0.3 is 5.97 Å². The molecule has 1 unspecified atom stereocenters. The summed E-state index contributed by atoms with van der Waals surface area (Å²) in [7, 11) is 1.48. The smallest absolute Gasteiger partial charge is 0.310 e. The van der Waals surface area contributed by atoms with Crippen molar-refractivity contribution in [2.45, 2.75) is 25.8 Å². The molecule has 0 aliphatic carbocycles. The lowest BCUT2D eigenvalue weighted by Crippen LogP contribution is -2.39. The minimum atomic E-state index is -0.0747. The van der Waals surface area contributed by atoms with Crippen LogP contribution in [-0.4, -0.2) is 32.7 Å². The molecular formula is C16H22N2O2. The molecule has 0 bridgehead atoms. The molecule has 0 radical (unpaired) electrons. The maximum atomic E-state index is 11.7. The van der Waals surface area contributed by atoms with Crippen molar-refractivity contribution >= 4 is 11.7 Å². The van der Waals surface area contributed by atoms with E-state index in [2.05, 4.69) is 28.4 Å². The molecule has 4 heteroatoms. The SMILES string of the molecule is COC(=O)C1CCCN(c2ccc3c(c2)CNCC3)C1. The number of ether oxygens (including phenoxy) is 1. The standard InChI is InChI=1S/C16H22N2O2/c1-20-16(19)13-3-2-8-18(11-13)15-5-4-12-6-7-17-10-14(12)9-15/h4-5,9,13,17H,2-3,6-8,10-11H2,1H3. The average molecular weight is 274 g/mol. The maximum absolute atomic E-state index is 11.7. The number of nitrogens with zero attached hydrogens (tertiary/aromatic N) is 1. The van der Waals surface area contributed by atoms with Crippen LogP contribution in [0.4, 0.5) is 5.69 Å². The normalized spacial score (nSPS) is 22.2. The Morgan fingerprint density at radius 3 is 3.15 bits per heavy atom. The fourth-order valence-corrected chi connectivity index (χ4v) is 3.23. The predicted molar refractivity (Wildman–Crippen MR) is 78.8 cm³/mol. The zero-order valence-corrected chi connectivity index (χ0v) is 12.0. The van der Waals surface area contributed by atoms with E-state index in [4.69, 9.17) is 4.74 Å². The highest BCUT2D eigenvalue weighted by Gasteiger charge is 2.26. The molecule has 108 valence electrons. The minimum absolute atomic E-state index is 0.0166. The Labute approximate surface area is 120 Å². The Bertz CT molecular complexity index is 501. The number of rotatable bonds is 2. The summed E-state index contributed by atoms with van der Waals surface area (Å²) in [5.41, 5.74) is 4.09. The quantitative estimate of drug-likeness (QED) is 0.834. The molecule has 3 rings (SSSR count). The molecule has 2 aliphatic rings. The third-order valence-corrected chi connectivity index (χ3v) is 4.40. The van der Waals surface area contributed by atoms with Crippen LogP contribution in [0.5, 0.6) is 0 Å². The summed E-state index contributed by atoms with van der Waals surface area (Å²) in [6.07, 6.45) is 3.10. The third kappa shape index (κ3) is 2.66. The van der Waals surface area contributed by atoms with Gasteiger partial charge in [-0.2, -0.15) is 0 Å². The van der Waals surface area contributed by atoms with Crippen molar-refractivity contribution in [3.8, 4) is 0 Å². The number of anilines is 1. The first kappa shape index (κ1) is 13.4. The van der Waals surface area contributed by atoms with Crippen molar-refractivity contribution in [2.24, 2.45) is 5.92 Å². The number of hydrogen-bond acceptors (Lipinski definition) is 4. The molecule has 1 fully saturated rings. The van der Waals surface area contributed by atoms with Crippen LogP contribution in [0.2, 0.25) is 0 Å². The number of carbonyl (C=O) groups excluding carboxylic acids is 1. The first-order chi connectivity index (χ1) is 9.78. The number of methoxy groups -OCH3 is 1. The summed E-state index contributed by atoms with van der Waals surface area (Å²) in [4.78, 5) is 14.0. The van der Waals surface area contributed by atoms with E-state index < -0.39 is 0 Å². The lowest BCUT2D eigenvalue weighted by Gasteiger charge is -2.34. The van der Waals surface area contributed by atoms with Crippen LogP contribution in [0.1, 0.15) is 24.0 Å². The van der Waals surface area contributed by atoms with Gasteiger partial charge in [0.25, 0.3) is 0 Å². The third-order valence-electron chi connectivity index (χ3n) is 4.40. The van der Waals surface area contributed by atoms with Crippen molar-refractivity contribution in [3.05, 3.63) is 29.3 Å². The number of nitrogens with one attached hydrogen (secondary N) is 1. The van der Waals surface area contributed by atoms with E-state index in [0.717, 1.165) is 45.4 Å².